The van der Waals surface area contributed by atoms with E-state index in [1.165, 1.54) is 5.01 Å². The average Bonchev–Trinajstić information content (AvgIpc) is 2.46. The number of hydrogen-bond acceptors (Lipinski definition) is 4. The lowest BCUT2D eigenvalue weighted by molar-refractivity contribution is -0.149. The first-order chi connectivity index (χ1) is 10.1. The third-order valence-corrected chi connectivity index (χ3v) is 3.46. The van der Waals surface area contributed by atoms with Crippen molar-refractivity contribution < 1.29 is 9.53 Å². The Bertz CT molecular complexity index is 443. The highest BCUT2D eigenvalue weighted by molar-refractivity contribution is 6.18. The Balaban J connectivity index is 2.84. The van der Waals surface area contributed by atoms with Gasteiger partial charge >= 0.3 is 5.97 Å². The summed E-state index contributed by atoms with van der Waals surface area (Å²) in [5, 5.41) is 1.44. The lowest BCUT2D eigenvalue weighted by atomic mass is 10.0. The summed E-state index contributed by atoms with van der Waals surface area (Å²) in [5.41, 5.74) is 2.17. The molecule has 0 saturated heterocycles. The smallest absolute Gasteiger partial charge is 0.325 e. The van der Waals surface area contributed by atoms with Crippen LogP contribution in [0.3, 0.4) is 0 Å². The number of ether oxygens (including phenoxy) is 1. The molecule has 6 heteroatoms. The van der Waals surface area contributed by atoms with Crippen molar-refractivity contribution >= 4 is 29.2 Å². The van der Waals surface area contributed by atoms with Crippen molar-refractivity contribution in [3.8, 4) is 0 Å². The number of carbonyl (C=O) groups excluding carboxylic acids is 1. The first-order valence-corrected chi connectivity index (χ1v) is 8.07. The highest BCUT2D eigenvalue weighted by atomic mass is 35.5. The van der Waals surface area contributed by atoms with Gasteiger partial charge in [0.2, 0.25) is 0 Å². The normalized spacial score (nSPS) is 12.4. The molecule has 0 aliphatic heterocycles. The van der Waals surface area contributed by atoms with E-state index in [0.29, 0.717) is 31.3 Å². The van der Waals surface area contributed by atoms with Gasteiger partial charge in [0.15, 0.2) is 0 Å². The summed E-state index contributed by atoms with van der Waals surface area (Å²) in [4.78, 5) is 12.1. The zero-order valence-electron chi connectivity index (χ0n) is 12.2. The molecule has 0 aliphatic rings. The molecule has 0 aliphatic carbocycles. The molecule has 1 aromatic carbocycles. The summed E-state index contributed by atoms with van der Waals surface area (Å²) in [6.45, 7) is 2.53. The molecule has 0 bridgehead atoms. The Morgan fingerprint density at radius 1 is 1.33 bits per heavy atom. The number of nitrogens with two attached hydrogens (primary N) is 1. The quantitative estimate of drug-likeness (QED) is 0.326. The second-order valence-electron chi connectivity index (χ2n) is 4.66. The first kappa shape index (κ1) is 18.2. The molecule has 0 aromatic heterocycles. The van der Waals surface area contributed by atoms with Gasteiger partial charge in [0.05, 0.1) is 6.61 Å². The Morgan fingerprint density at radius 2 is 2.05 bits per heavy atom. The van der Waals surface area contributed by atoms with Crippen molar-refractivity contribution in [3.05, 3.63) is 35.4 Å². The minimum absolute atomic E-state index is 0.326. The van der Waals surface area contributed by atoms with Gasteiger partial charge in [-0.3, -0.25) is 10.6 Å². The minimum atomic E-state index is -0.532. The van der Waals surface area contributed by atoms with Gasteiger partial charge in [0, 0.05) is 24.7 Å². The second kappa shape index (κ2) is 10.0. The fraction of sp³-hybridized carbons (Fsp3) is 0.533. The van der Waals surface area contributed by atoms with Crippen molar-refractivity contribution in [3.63, 3.8) is 0 Å². The second-order valence-corrected chi connectivity index (χ2v) is 5.41. The van der Waals surface area contributed by atoms with E-state index in [0.717, 1.165) is 17.5 Å². The van der Waals surface area contributed by atoms with Gasteiger partial charge in [-0.2, -0.15) is 0 Å². The molecule has 2 N–H and O–H groups in total. The maximum absolute atomic E-state index is 12.1. The number of hydrazine groups is 1. The van der Waals surface area contributed by atoms with Crippen molar-refractivity contribution in [2.75, 3.05) is 24.9 Å². The Morgan fingerprint density at radius 3 is 2.67 bits per heavy atom. The molecule has 118 valence electrons. The molecule has 0 amide bonds. The standard InChI is InChI=1S/C15H22Cl2N2O2/c1-2-21-15(20)14(19(18)9-8-17)11-13-5-3-4-12(10-13)6-7-16/h3-5,10,14H,2,6-9,11,18H2,1H3/t14-/m0/s1. The summed E-state index contributed by atoms with van der Waals surface area (Å²) in [6, 6.07) is 7.46. The van der Waals surface area contributed by atoms with Crippen LogP contribution in [0.25, 0.3) is 0 Å². The predicted octanol–water partition coefficient (Wildman–Crippen LogP) is 2.36. The van der Waals surface area contributed by atoms with Gasteiger partial charge in [-0.25, -0.2) is 5.01 Å². The molecule has 1 atom stereocenters. The molecule has 0 heterocycles. The molecule has 1 aromatic rings. The summed E-state index contributed by atoms with van der Waals surface area (Å²) in [7, 11) is 0. The fourth-order valence-corrected chi connectivity index (χ4v) is 2.49. The fourth-order valence-electron chi connectivity index (χ4n) is 2.07. The summed E-state index contributed by atoms with van der Waals surface area (Å²) in [6.07, 6.45) is 1.29. The molecule has 0 spiro atoms. The van der Waals surface area contributed by atoms with Gasteiger partial charge < -0.3 is 4.74 Å². The highest BCUT2D eigenvalue weighted by Crippen LogP contribution is 2.12. The van der Waals surface area contributed by atoms with Crippen molar-refractivity contribution in [2.45, 2.75) is 25.8 Å². The molecular weight excluding hydrogens is 311 g/mol. The lowest BCUT2D eigenvalue weighted by Gasteiger charge is -2.25. The van der Waals surface area contributed by atoms with Crippen LogP contribution in [0.1, 0.15) is 18.1 Å². The first-order valence-electron chi connectivity index (χ1n) is 7.00. The van der Waals surface area contributed by atoms with Gasteiger partial charge in [-0.05, 0) is 24.5 Å². The van der Waals surface area contributed by atoms with E-state index in [2.05, 4.69) is 0 Å². The molecule has 0 unspecified atom stereocenters. The molecule has 0 radical (unpaired) electrons. The van der Waals surface area contributed by atoms with E-state index in [1.807, 2.05) is 24.3 Å². The molecule has 0 fully saturated rings. The zero-order chi connectivity index (χ0) is 15.7. The third-order valence-electron chi connectivity index (χ3n) is 3.11. The van der Waals surface area contributed by atoms with Crippen LogP contribution in [-0.2, 0) is 22.4 Å². The monoisotopic (exact) mass is 332 g/mol. The number of rotatable bonds is 9. The maximum Gasteiger partial charge on any atom is 0.325 e. The van der Waals surface area contributed by atoms with Crippen LogP contribution >= 0.6 is 23.2 Å². The lowest BCUT2D eigenvalue weighted by Crippen LogP contribution is -2.48. The topological polar surface area (TPSA) is 55.6 Å². The molecule has 4 nitrogen and oxygen atoms in total. The van der Waals surface area contributed by atoms with Gasteiger partial charge in [0.25, 0.3) is 0 Å². The van der Waals surface area contributed by atoms with Crippen LogP contribution in [0.15, 0.2) is 24.3 Å². The van der Waals surface area contributed by atoms with Crippen molar-refractivity contribution in [2.24, 2.45) is 5.84 Å². The van der Waals surface area contributed by atoms with E-state index in [1.54, 1.807) is 6.92 Å². The van der Waals surface area contributed by atoms with Crippen molar-refractivity contribution in [1.29, 1.82) is 0 Å². The Kier molecular flexibility index (Phi) is 8.69. The summed E-state index contributed by atoms with van der Waals surface area (Å²) >= 11 is 11.5. The molecule has 0 saturated carbocycles. The van der Waals surface area contributed by atoms with Crippen LogP contribution < -0.4 is 5.84 Å². The number of nitrogens with zero attached hydrogens (tertiary/aromatic N) is 1. The number of halogens is 2. The van der Waals surface area contributed by atoms with E-state index in [4.69, 9.17) is 33.8 Å². The number of esters is 1. The summed E-state index contributed by atoms with van der Waals surface area (Å²) < 4.78 is 5.10. The number of benzene rings is 1. The van der Waals surface area contributed by atoms with E-state index < -0.39 is 6.04 Å². The maximum atomic E-state index is 12.1. The van der Waals surface area contributed by atoms with Crippen molar-refractivity contribution in [1.82, 2.24) is 5.01 Å². The van der Waals surface area contributed by atoms with Gasteiger partial charge in [0.1, 0.15) is 6.04 Å². The number of aryl methyl sites for hydroxylation is 1. The summed E-state index contributed by atoms with van der Waals surface area (Å²) in [5.74, 6) is 6.53. The molecule has 21 heavy (non-hydrogen) atoms. The van der Waals surface area contributed by atoms with Crippen LogP contribution in [0.2, 0.25) is 0 Å². The van der Waals surface area contributed by atoms with Gasteiger partial charge in [-0.15, -0.1) is 23.2 Å². The predicted molar refractivity (Wildman–Crippen MR) is 86.6 cm³/mol. The highest BCUT2D eigenvalue weighted by Gasteiger charge is 2.25. The zero-order valence-corrected chi connectivity index (χ0v) is 13.7. The molecule has 1 rings (SSSR count). The van der Waals surface area contributed by atoms with E-state index >= 15 is 0 Å². The van der Waals surface area contributed by atoms with Crippen LogP contribution in [0.5, 0.6) is 0 Å². The van der Waals surface area contributed by atoms with Crippen LogP contribution in [0, 0.1) is 0 Å². The van der Waals surface area contributed by atoms with E-state index in [9.17, 15) is 4.79 Å². The SMILES string of the molecule is CCOC(=O)[C@H](Cc1cccc(CCCl)c1)N(N)CCCl. The number of carbonyl (C=O) groups is 1. The average molecular weight is 333 g/mol. The van der Waals surface area contributed by atoms with Gasteiger partial charge in [-0.1, -0.05) is 24.3 Å². The third kappa shape index (κ3) is 6.22. The van der Waals surface area contributed by atoms with E-state index in [-0.39, 0.29) is 5.97 Å². The molecular formula is C15H22Cl2N2O2. The Hall–Kier alpha value is -0.810. The number of hydrogen-bond donors (Lipinski definition) is 1. The van der Waals surface area contributed by atoms with Crippen LogP contribution in [-0.4, -0.2) is 41.9 Å². The minimum Gasteiger partial charge on any atom is -0.465 e. The Labute approximate surface area is 136 Å². The largest absolute Gasteiger partial charge is 0.465 e. The van der Waals surface area contributed by atoms with Crippen LogP contribution in [0.4, 0.5) is 0 Å². The number of alkyl halides is 2.